The largest absolute Gasteiger partial charge is 0.303 e. The van der Waals surface area contributed by atoms with E-state index >= 15 is 0 Å². The SMILES string of the molecule is CCC(C)C(C=O)C(C)CC. The van der Waals surface area contributed by atoms with Gasteiger partial charge in [-0.15, -0.1) is 0 Å². The predicted molar refractivity (Wildman–Crippen MR) is 48.5 cm³/mol. The molecule has 0 aliphatic rings. The molecular formula is C10H20O. The molecule has 0 aromatic heterocycles. The third-order valence-electron chi connectivity index (χ3n) is 2.76. The van der Waals surface area contributed by atoms with Gasteiger partial charge in [-0.1, -0.05) is 40.5 Å². The Morgan fingerprint density at radius 1 is 1.09 bits per heavy atom. The maximum Gasteiger partial charge on any atom is 0.123 e. The summed E-state index contributed by atoms with van der Waals surface area (Å²) >= 11 is 0. The van der Waals surface area contributed by atoms with E-state index in [-0.39, 0.29) is 5.92 Å². The Morgan fingerprint density at radius 3 is 1.64 bits per heavy atom. The fraction of sp³-hybridized carbons (Fsp3) is 0.900. The van der Waals surface area contributed by atoms with E-state index in [0.29, 0.717) is 11.8 Å². The minimum atomic E-state index is 0.269. The molecule has 1 nitrogen and oxygen atoms in total. The minimum absolute atomic E-state index is 0.269. The van der Waals surface area contributed by atoms with Crippen LogP contribution in [0, 0.1) is 17.8 Å². The van der Waals surface area contributed by atoms with Crippen molar-refractivity contribution in [3.63, 3.8) is 0 Å². The lowest BCUT2D eigenvalue weighted by Crippen LogP contribution is -2.20. The highest BCUT2D eigenvalue weighted by atomic mass is 16.1. The fourth-order valence-corrected chi connectivity index (χ4v) is 1.37. The van der Waals surface area contributed by atoms with Crippen LogP contribution in [0.4, 0.5) is 0 Å². The van der Waals surface area contributed by atoms with E-state index in [9.17, 15) is 4.79 Å². The molecule has 0 heterocycles. The zero-order valence-electron chi connectivity index (χ0n) is 8.13. The Balaban J connectivity index is 4.03. The molecular weight excluding hydrogens is 136 g/mol. The monoisotopic (exact) mass is 156 g/mol. The van der Waals surface area contributed by atoms with Gasteiger partial charge in [0.15, 0.2) is 0 Å². The van der Waals surface area contributed by atoms with Gasteiger partial charge in [0.05, 0.1) is 0 Å². The molecule has 2 atom stereocenters. The summed E-state index contributed by atoms with van der Waals surface area (Å²) in [4.78, 5) is 10.7. The van der Waals surface area contributed by atoms with Crippen LogP contribution in [0.5, 0.6) is 0 Å². The molecule has 0 aliphatic carbocycles. The Bertz CT molecular complexity index is 99.4. The van der Waals surface area contributed by atoms with Crippen LogP contribution in [0.1, 0.15) is 40.5 Å². The number of hydrogen-bond acceptors (Lipinski definition) is 1. The van der Waals surface area contributed by atoms with Crippen LogP contribution < -0.4 is 0 Å². The molecule has 0 fully saturated rings. The molecule has 0 saturated heterocycles. The third kappa shape index (κ3) is 3.04. The first-order chi connectivity index (χ1) is 5.17. The van der Waals surface area contributed by atoms with E-state index in [1.165, 1.54) is 0 Å². The van der Waals surface area contributed by atoms with Crippen LogP contribution in [0.2, 0.25) is 0 Å². The molecule has 0 aliphatic heterocycles. The molecule has 2 unspecified atom stereocenters. The molecule has 0 saturated carbocycles. The molecule has 0 radical (unpaired) electrons. The number of aldehydes is 1. The molecule has 11 heavy (non-hydrogen) atoms. The van der Waals surface area contributed by atoms with Gasteiger partial charge in [0.1, 0.15) is 6.29 Å². The van der Waals surface area contributed by atoms with Gasteiger partial charge < -0.3 is 4.79 Å². The minimum Gasteiger partial charge on any atom is -0.303 e. The highest BCUT2D eigenvalue weighted by molar-refractivity contribution is 5.54. The second-order valence-electron chi connectivity index (χ2n) is 3.48. The fourth-order valence-electron chi connectivity index (χ4n) is 1.37. The Hall–Kier alpha value is -0.330. The highest BCUT2D eigenvalue weighted by Gasteiger charge is 2.19. The van der Waals surface area contributed by atoms with Gasteiger partial charge in [0, 0.05) is 5.92 Å². The summed E-state index contributed by atoms with van der Waals surface area (Å²) in [5.74, 6) is 1.36. The zero-order chi connectivity index (χ0) is 8.85. The van der Waals surface area contributed by atoms with Gasteiger partial charge in [0.2, 0.25) is 0 Å². The quantitative estimate of drug-likeness (QED) is 0.559. The van der Waals surface area contributed by atoms with Crippen molar-refractivity contribution in [2.75, 3.05) is 0 Å². The van der Waals surface area contributed by atoms with Crippen molar-refractivity contribution in [3.8, 4) is 0 Å². The van der Waals surface area contributed by atoms with Crippen LogP contribution in [0.15, 0.2) is 0 Å². The first kappa shape index (κ1) is 10.7. The maximum atomic E-state index is 10.7. The number of rotatable bonds is 5. The molecule has 0 aromatic carbocycles. The molecule has 0 aromatic rings. The number of carbonyl (C=O) groups is 1. The van der Waals surface area contributed by atoms with Crippen LogP contribution >= 0.6 is 0 Å². The van der Waals surface area contributed by atoms with E-state index in [4.69, 9.17) is 0 Å². The summed E-state index contributed by atoms with van der Waals surface area (Å²) < 4.78 is 0. The van der Waals surface area contributed by atoms with Crippen LogP contribution in [-0.2, 0) is 4.79 Å². The first-order valence-electron chi connectivity index (χ1n) is 4.62. The normalized spacial score (nSPS) is 18.9. The summed E-state index contributed by atoms with van der Waals surface area (Å²) in [6.07, 6.45) is 3.34. The molecule has 0 N–H and O–H groups in total. The van der Waals surface area contributed by atoms with Crippen molar-refractivity contribution in [1.82, 2.24) is 0 Å². The second kappa shape index (κ2) is 5.34. The molecule has 1 heteroatoms. The summed E-state index contributed by atoms with van der Waals surface area (Å²) in [6.45, 7) is 8.60. The van der Waals surface area contributed by atoms with Crippen molar-refractivity contribution in [1.29, 1.82) is 0 Å². The smallest absolute Gasteiger partial charge is 0.123 e. The zero-order valence-corrected chi connectivity index (χ0v) is 8.13. The lowest BCUT2D eigenvalue weighted by Gasteiger charge is -2.22. The third-order valence-corrected chi connectivity index (χ3v) is 2.76. The van der Waals surface area contributed by atoms with Crippen LogP contribution in [0.25, 0.3) is 0 Å². The summed E-state index contributed by atoms with van der Waals surface area (Å²) in [6, 6.07) is 0. The van der Waals surface area contributed by atoms with E-state index in [2.05, 4.69) is 27.7 Å². The summed E-state index contributed by atoms with van der Waals surface area (Å²) in [5.41, 5.74) is 0. The van der Waals surface area contributed by atoms with Gasteiger partial charge in [-0.05, 0) is 11.8 Å². The molecule has 0 spiro atoms. The second-order valence-corrected chi connectivity index (χ2v) is 3.48. The number of carbonyl (C=O) groups excluding carboxylic acids is 1. The summed E-state index contributed by atoms with van der Waals surface area (Å²) in [5, 5.41) is 0. The van der Waals surface area contributed by atoms with Crippen LogP contribution in [-0.4, -0.2) is 6.29 Å². The first-order valence-corrected chi connectivity index (χ1v) is 4.62. The van der Waals surface area contributed by atoms with E-state index in [1.54, 1.807) is 0 Å². The Kier molecular flexibility index (Phi) is 5.18. The maximum absolute atomic E-state index is 10.7. The highest BCUT2D eigenvalue weighted by Crippen LogP contribution is 2.23. The van der Waals surface area contributed by atoms with E-state index in [0.717, 1.165) is 19.1 Å². The average Bonchev–Trinajstić information content (AvgIpc) is 2.05. The molecule has 66 valence electrons. The van der Waals surface area contributed by atoms with Crippen molar-refractivity contribution >= 4 is 6.29 Å². The molecule has 0 amide bonds. The standard InChI is InChI=1S/C10H20O/c1-5-8(3)10(7-11)9(4)6-2/h7-10H,5-6H2,1-4H3. The Labute approximate surface area is 70.2 Å². The van der Waals surface area contributed by atoms with Gasteiger partial charge in [-0.3, -0.25) is 0 Å². The van der Waals surface area contributed by atoms with E-state index in [1.807, 2.05) is 0 Å². The van der Waals surface area contributed by atoms with Gasteiger partial charge in [-0.25, -0.2) is 0 Å². The van der Waals surface area contributed by atoms with Gasteiger partial charge >= 0.3 is 0 Å². The van der Waals surface area contributed by atoms with Crippen molar-refractivity contribution in [2.24, 2.45) is 17.8 Å². The molecule has 0 rings (SSSR count). The van der Waals surface area contributed by atoms with Crippen LogP contribution in [0.3, 0.4) is 0 Å². The number of hydrogen-bond donors (Lipinski definition) is 0. The van der Waals surface area contributed by atoms with Gasteiger partial charge in [0.25, 0.3) is 0 Å². The van der Waals surface area contributed by atoms with E-state index < -0.39 is 0 Å². The average molecular weight is 156 g/mol. The Morgan fingerprint density at radius 2 is 1.45 bits per heavy atom. The lowest BCUT2D eigenvalue weighted by atomic mass is 9.82. The topological polar surface area (TPSA) is 17.1 Å². The van der Waals surface area contributed by atoms with Crippen molar-refractivity contribution in [3.05, 3.63) is 0 Å². The lowest BCUT2D eigenvalue weighted by molar-refractivity contribution is -0.114. The predicted octanol–water partition coefficient (Wildman–Crippen LogP) is 2.89. The van der Waals surface area contributed by atoms with Crippen molar-refractivity contribution in [2.45, 2.75) is 40.5 Å². The summed E-state index contributed by atoms with van der Waals surface area (Å²) in [7, 11) is 0. The van der Waals surface area contributed by atoms with Gasteiger partial charge in [-0.2, -0.15) is 0 Å². The van der Waals surface area contributed by atoms with Crippen molar-refractivity contribution < 1.29 is 4.79 Å². The molecule has 0 bridgehead atoms.